The molecule has 0 radical (unpaired) electrons. The van der Waals surface area contributed by atoms with Crippen LogP contribution in [-0.2, 0) is 11.2 Å². The van der Waals surface area contributed by atoms with Gasteiger partial charge in [-0.15, -0.1) is 0 Å². The molecular weight excluding hydrogens is 338 g/mol. The van der Waals surface area contributed by atoms with Crippen LogP contribution in [-0.4, -0.2) is 46.7 Å². The van der Waals surface area contributed by atoms with Crippen molar-refractivity contribution in [3.8, 4) is 5.75 Å². The van der Waals surface area contributed by atoms with E-state index >= 15 is 0 Å². The molecule has 2 heterocycles. The fourth-order valence-electron chi connectivity index (χ4n) is 3.37. The second kappa shape index (κ2) is 8.47. The molecule has 0 bridgehead atoms. The van der Waals surface area contributed by atoms with E-state index in [0.717, 1.165) is 37.0 Å². The summed E-state index contributed by atoms with van der Waals surface area (Å²) in [6.07, 6.45) is 4.23. The predicted molar refractivity (Wildman–Crippen MR) is 98.8 cm³/mol. The number of hydrogen-bond acceptors (Lipinski definition) is 4. The zero-order valence-corrected chi connectivity index (χ0v) is 15.0. The number of hydrogen-bond donors (Lipinski definition) is 4. The summed E-state index contributed by atoms with van der Waals surface area (Å²) in [5.41, 5.74) is 1.10. The molecule has 3 amide bonds. The lowest BCUT2D eigenvalue weighted by Gasteiger charge is -2.16. The van der Waals surface area contributed by atoms with Gasteiger partial charge in [0.15, 0.2) is 0 Å². The van der Waals surface area contributed by atoms with Gasteiger partial charge in [-0.1, -0.05) is 18.6 Å². The van der Waals surface area contributed by atoms with Gasteiger partial charge in [-0.3, -0.25) is 4.79 Å². The van der Waals surface area contributed by atoms with E-state index in [1.165, 1.54) is 0 Å². The number of unbranched alkanes of at least 4 members (excludes halogenated alkanes) is 1. The number of nitrogens with one attached hydrogen (secondary N) is 3. The minimum absolute atomic E-state index is 0.0479. The number of benzene rings is 1. The van der Waals surface area contributed by atoms with Gasteiger partial charge < -0.3 is 21.1 Å². The average molecular weight is 363 g/mol. The van der Waals surface area contributed by atoms with Crippen molar-refractivity contribution in [3.05, 3.63) is 29.8 Å². The first-order valence-electron chi connectivity index (χ1n) is 8.85. The number of aromatic hydroxyl groups is 1. The minimum atomic E-state index is -0.0479. The molecule has 2 aliphatic heterocycles. The van der Waals surface area contributed by atoms with Crippen molar-refractivity contribution in [1.29, 1.82) is 0 Å². The second-order valence-electron chi connectivity index (χ2n) is 6.63. The van der Waals surface area contributed by atoms with Gasteiger partial charge in [-0.25, -0.2) is 4.79 Å². The molecule has 2 fully saturated rings. The smallest absolute Gasteiger partial charge is 0.315 e. The van der Waals surface area contributed by atoms with Crippen molar-refractivity contribution in [2.24, 2.45) is 0 Å². The van der Waals surface area contributed by atoms with Gasteiger partial charge in [0.1, 0.15) is 5.75 Å². The number of carbonyl (C=O) groups is 2. The number of urea groups is 1. The third-order valence-electron chi connectivity index (χ3n) is 4.75. The van der Waals surface area contributed by atoms with Crippen LogP contribution in [0, 0.1) is 0 Å². The predicted octanol–water partition coefficient (Wildman–Crippen LogP) is 1.78. The summed E-state index contributed by atoms with van der Waals surface area (Å²) in [6.45, 7) is 0.615. The molecule has 0 unspecified atom stereocenters. The molecule has 136 valence electrons. The van der Waals surface area contributed by atoms with Crippen molar-refractivity contribution >= 4 is 23.7 Å². The SMILES string of the molecule is O=C(CCCC[C@@H]1SC[C@@H]2NC(=O)N[C@H]21)NCCc1ccc(O)cc1. The van der Waals surface area contributed by atoms with Crippen LogP contribution >= 0.6 is 11.8 Å². The Labute approximate surface area is 152 Å². The van der Waals surface area contributed by atoms with E-state index in [-0.39, 0.29) is 29.8 Å². The first-order valence-corrected chi connectivity index (χ1v) is 9.90. The molecule has 2 saturated heterocycles. The largest absolute Gasteiger partial charge is 0.508 e. The highest BCUT2D eigenvalue weighted by molar-refractivity contribution is 8.00. The summed E-state index contributed by atoms with van der Waals surface area (Å²) in [5.74, 6) is 1.32. The minimum Gasteiger partial charge on any atom is -0.508 e. The molecule has 7 heteroatoms. The summed E-state index contributed by atoms with van der Waals surface area (Å²) in [7, 11) is 0. The van der Waals surface area contributed by atoms with E-state index in [4.69, 9.17) is 0 Å². The average Bonchev–Trinajstić information content (AvgIpc) is 3.13. The summed E-state index contributed by atoms with van der Waals surface area (Å²) in [4.78, 5) is 23.2. The van der Waals surface area contributed by atoms with Crippen LogP contribution in [0.2, 0.25) is 0 Å². The maximum Gasteiger partial charge on any atom is 0.315 e. The highest BCUT2D eigenvalue weighted by atomic mass is 32.2. The Bertz CT molecular complexity index is 608. The number of thioether (sulfide) groups is 1. The molecule has 6 nitrogen and oxygen atoms in total. The number of fused-ring (bicyclic) bond motifs is 1. The number of carbonyl (C=O) groups excluding carboxylic acids is 2. The van der Waals surface area contributed by atoms with Gasteiger partial charge in [-0.2, -0.15) is 11.8 Å². The van der Waals surface area contributed by atoms with Gasteiger partial charge in [0, 0.05) is 24.0 Å². The summed E-state index contributed by atoms with van der Waals surface area (Å²) >= 11 is 1.91. The molecule has 0 aliphatic carbocycles. The van der Waals surface area contributed by atoms with Crippen molar-refractivity contribution < 1.29 is 14.7 Å². The standard InChI is InChI=1S/C18H25N3O3S/c22-13-7-5-12(6-8-13)9-10-19-16(23)4-2-1-3-15-17-14(11-25-15)20-18(24)21-17/h5-8,14-15,17,22H,1-4,9-11H2,(H,19,23)(H2,20,21,24)/t14-,15-,17+/m0/s1. The highest BCUT2D eigenvalue weighted by Gasteiger charge is 2.42. The molecule has 1 aromatic carbocycles. The maximum absolute atomic E-state index is 11.9. The van der Waals surface area contributed by atoms with E-state index in [0.29, 0.717) is 18.2 Å². The van der Waals surface area contributed by atoms with E-state index in [1.807, 2.05) is 23.9 Å². The lowest BCUT2D eigenvalue weighted by Crippen LogP contribution is -2.36. The Balaban J connectivity index is 1.26. The molecule has 0 aromatic heterocycles. The van der Waals surface area contributed by atoms with Crippen LogP contribution in [0.15, 0.2) is 24.3 Å². The Kier molecular flexibility index (Phi) is 6.07. The first kappa shape index (κ1) is 17.9. The van der Waals surface area contributed by atoms with Crippen LogP contribution in [0.1, 0.15) is 31.2 Å². The summed E-state index contributed by atoms with van der Waals surface area (Å²) < 4.78 is 0. The molecule has 4 N–H and O–H groups in total. The zero-order valence-electron chi connectivity index (χ0n) is 14.2. The van der Waals surface area contributed by atoms with Crippen molar-refractivity contribution in [1.82, 2.24) is 16.0 Å². The topological polar surface area (TPSA) is 90.5 Å². The van der Waals surface area contributed by atoms with Crippen LogP contribution < -0.4 is 16.0 Å². The monoisotopic (exact) mass is 363 g/mol. The maximum atomic E-state index is 11.9. The molecule has 3 atom stereocenters. The Morgan fingerprint density at radius 2 is 2.04 bits per heavy atom. The molecule has 1 aromatic rings. The van der Waals surface area contributed by atoms with E-state index in [9.17, 15) is 14.7 Å². The number of amides is 3. The molecule has 25 heavy (non-hydrogen) atoms. The number of phenolic OH excluding ortho intramolecular Hbond substituents is 1. The van der Waals surface area contributed by atoms with Gasteiger partial charge in [0.05, 0.1) is 12.1 Å². The van der Waals surface area contributed by atoms with E-state index in [1.54, 1.807) is 12.1 Å². The van der Waals surface area contributed by atoms with Gasteiger partial charge >= 0.3 is 6.03 Å². The highest BCUT2D eigenvalue weighted by Crippen LogP contribution is 2.33. The fourth-order valence-corrected chi connectivity index (χ4v) is 4.91. The molecular formula is C18H25N3O3S. The molecule has 0 saturated carbocycles. The van der Waals surface area contributed by atoms with E-state index in [2.05, 4.69) is 16.0 Å². The van der Waals surface area contributed by atoms with Gasteiger partial charge in [-0.05, 0) is 37.0 Å². The first-order chi connectivity index (χ1) is 12.1. The number of rotatable bonds is 8. The third-order valence-corrected chi connectivity index (χ3v) is 6.26. The summed E-state index contributed by atoms with van der Waals surface area (Å²) in [5, 5.41) is 18.6. The third kappa shape index (κ3) is 5.04. The van der Waals surface area contributed by atoms with Crippen LogP contribution in [0.4, 0.5) is 4.79 Å². The lowest BCUT2D eigenvalue weighted by molar-refractivity contribution is -0.121. The molecule has 0 spiro atoms. The summed E-state index contributed by atoms with van der Waals surface area (Å²) in [6, 6.07) is 7.52. The van der Waals surface area contributed by atoms with Crippen molar-refractivity contribution in [3.63, 3.8) is 0 Å². The lowest BCUT2D eigenvalue weighted by atomic mass is 10.0. The fraction of sp³-hybridized carbons (Fsp3) is 0.556. The van der Waals surface area contributed by atoms with Crippen molar-refractivity contribution in [2.45, 2.75) is 49.4 Å². The second-order valence-corrected chi connectivity index (χ2v) is 7.91. The number of phenols is 1. The van der Waals surface area contributed by atoms with E-state index < -0.39 is 0 Å². The van der Waals surface area contributed by atoms with Crippen LogP contribution in [0.5, 0.6) is 5.75 Å². The van der Waals surface area contributed by atoms with Crippen LogP contribution in [0.3, 0.4) is 0 Å². The Morgan fingerprint density at radius 3 is 2.84 bits per heavy atom. The Morgan fingerprint density at radius 1 is 1.24 bits per heavy atom. The van der Waals surface area contributed by atoms with Gasteiger partial charge in [0.25, 0.3) is 0 Å². The normalized spacial score (nSPS) is 24.5. The quantitative estimate of drug-likeness (QED) is 0.419. The van der Waals surface area contributed by atoms with Crippen molar-refractivity contribution in [2.75, 3.05) is 12.3 Å². The Hall–Kier alpha value is -1.89. The zero-order chi connectivity index (χ0) is 17.6. The molecule has 3 rings (SSSR count). The van der Waals surface area contributed by atoms with Gasteiger partial charge in [0.2, 0.25) is 5.91 Å². The van der Waals surface area contributed by atoms with Crippen LogP contribution in [0.25, 0.3) is 0 Å². The molecule has 2 aliphatic rings.